The highest BCUT2D eigenvalue weighted by molar-refractivity contribution is 5.78. The predicted molar refractivity (Wildman–Crippen MR) is 102 cm³/mol. The second-order valence-electron chi connectivity index (χ2n) is 7.40. The maximum Gasteiger partial charge on any atom is 0.354 e. The van der Waals surface area contributed by atoms with Crippen molar-refractivity contribution in [2.45, 2.75) is 32.4 Å². The number of anilines is 1. The second kappa shape index (κ2) is 8.41. The van der Waals surface area contributed by atoms with Gasteiger partial charge in [-0.2, -0.15) is 5.06 Å². The van der Waals surface area contributed by atoms with Crippen molar-refractivity contribution in [1.82, 2.24) is 25.2 Å². The number of pyridine rings is 1. The molecule has 3 heterocycles. The van der Waals surface area contributed by atoms with E-state index in [1.54, 1.807) is 30.9 Å². The fourth-order valence-electron chi connectivity index (χ4n) is 2.99. The van der Waals surface area contributed by atoms with Crippen LogP contribution in [0.4, 0.5) is 5.95 Å². The van der Waals surface area contributed by atoms with Gasteiger partial charge in [0.2, 0.25) is 0 Å². The Balaban J connectivity index is 1.88. The molecule has 1 aliphatic heterocycles. The summed E-state index contributed by atoms with van der Waals surface area (Å²) >= 11 is 0. The highest BCUT2D eigenvalue weighted by atomic mass is 16.7. The van der Waals surface area contributed by atoms with Gasteiger partial charge in [0.25, 0.3) is 5.95 Å². The lowest BCUT2D eigenvalue weighted by molar-refractivity contribution is -0.154. The number of rotatable bonds is 5. The molecule has 0 spiro atoms. The first-order valence-corrected chi connectivity index (χ1v) is 9.10. The minimum atomic E-state index is -0.533. The summed E-state index contributed by atoms with van der Waals surface area (Å²) in [6.45, 7) is 9.00. The van der Waals surface area contributed by atoms with Crippen LogP contribution in [0.15, 0.2) is 43.0 Å². The van der Waals surface area contributed by atoms with Crippen molar-refractivity contribution in [3.63, 3.8) is 0 Å². The topological polar surface area (TPSA) is 83.5 Å². The third kappa shape index (κ3) is 4.78. The van der Waals surface area contributed by atoms with E-state index < -0.39 is 11.6 Å². The molecule has 1 aliphatic rings. The molecule has 1 saturated heterocycles. The van der Waals surface area contributed by atoms with Crippen LogP contribution >= 0.6 is 0 Å². The van der Waals surface area contributed by atoms with Crippen molar-refractivity contribution in [2.75, 3.05) is 31.2 Å². The lowest BCUT2D eigenvalue weighted by Crippen LogP contribution is -2.50. The van der Waals surface area contributed by atoms with E-state index in [9.17, 15) is 4.79 Å². The number of hydrogen-bond donors (Lipinski definition) is 1. The highest BCUT2D eigenvalue weighted by Gasteiger charge is 2.35. The maximum atomic E-state index is 13.3. The van der Waals surface area contributed by atoms with Crippen LogP contribution in [-0.4, -0.2) is 57.5 Å². The second-order valence-corrected chi connectivity index (χ2v) is 7.40. The average Bonchev–Trinajstić information content (AvgIpc) is 2.68. The number of nitrogens with zero attached hydrogens (tertiary/aromatic N) is 5. The summed E-state index contributed by atoms with van der Waals surface area (Å²) in [7, 11) is 0. The van der Waals surface area contributed by atoms with Gasteiger partial charge in [0.1, 0.15) is 6.04 Å². The largest absolute Gasteiger partial charge is 0.354 e. The van der Waals surface area contributed by atoms with Crippen molar-refractivity contribution >= 4 is 11.9 Å². The van der Waals surface area contributed by atoms with Gasteiger partial charge >= 0.3 is 5.97 Å². The van der Waals surface area contributed by atoms with Crippen molar-refractivity contribution in [2.24, 2.45) is 0 Å². The van der Waals surface area contributed by atoms with Gasteiger partial charge in [0.05, 0.1) is 5.54 Å². The monoisotopic (exact) mass is 370 g/mol. The SMILES string of the molecule is CC(C)(C)N(OC(=O)C(c1cccnc1)N1CCNCC1)c1ncccn1. The van der Waals surface area contributed by atoms with E-state index in [4.69, 9.17) is 4.84 Å². The van der Waals surface area contributed by atoms with Gasteiger partial charge in [-0.1, -0.05) is 6.07 Å². The van der Waals surface area contributed by atoms with Crippen LogP contribution in [0.25, 0.3) is 0 Å². The predicted octanol–water partition coefficient (Wildman–Crippen LogP) is 1.58. The maximum absolute atomic E-state index is 13.3. The van der Waals surface area contributed by atoms with E-state index in [1.807, 2.05) is 32.9 Å². The number of hydroxylamine groups is 1. The molecule has 0 saturated carbocycles. The third-order valence-electron chi connectivity index (χ3n) is 4.26. The summed E-state index contributed by atoms with van der Waals surface area (Å²) in [6.07, 6.45) is 6.67. The van der Waals surface area contributed by atoms with Crippen LogP contribution in [0.1, 0.15) is 32.4 Å². The molecule has 1 atom stereocenters. The Morgan fingerprint density at radius 1 is 1.19 bits per heavy atom. The summed E-state index contributed by atoms with van der Waals surface area (Å²) < 4.78 is 0. The Kier molecular flexibility index (Phi) is 5.98. The Labute approximate surface area is 159 Å². The first-order chi connectivity index (χ1) is 13.0. The Bertz CT molecular complexity index is 729. The van der Waals surface area contributed by atoms with Crippen LogP contribution in [0.3, 0.4) is 0 Å². The fraction of sp³-hybridized carbons (Fsp3) is 0.474. The third-order valence-corrected chi connectivity index (χ3v) is 4.26. The van der Waals surface area contributed by atoms with E-state index in [0.29, 0.717) is 5.95 Å². The van der Waals surface area contributed by atoms with Gasteiger partial charge in [-0.3, -0.25) is 9.88 Å². The minimum absolute atomic E-state index is 0.351. The van der Waals surface area contributed by atoms with Gasteiger partial charge in [0.15, 0.2) is 0 Å². The molecule has 0 bridgehead atoms. The number of nitrogens with one attached hydrogen (secondary N) is 1. The van der Waals surface area contributed by atoms with E-state index in [0.717, 1.165) is 31.7 Å². The number of hydrogen-bond acceptors (Lipinski definition) is 8. The summed E-state index contributed by atoms with van der Waals surface area (Å²) in [5.74, 6) is -0.0177. The number of carbonyl (C=O) groups excluding carboxylic acids is 1. The molecule has 0 radical (unpaired) electrons. The molecule has 1 N–H and O–H groups in total. The van der Waals surface area contributed by atoms with Crippen LogP contribution in [0.5, 0.6) is 0 Å². The van der Waals surface area contributed by atoms with E-state index in [-0.39, 0.29) is 5.97 Å². The van der Waals surface area contributed by atoms with E-state index >= 15 is 0 Å². The summed E-state index contributed by atoms with van der Waals surface area (Å²) in [5.41, 5.74) is 0.312. The molecular weight excluding hydrogens is 344 g/mol. The molecule has 8 nitrogen and oxygen atoms in total. The lowest BCUT2D eigenvalue weighted by atomic mass is 10.1. The van der Waals surface area contributed by atoms with Crippen molar-refractivity contribution in [3.8, 4) is 0 Å². The van der Waals surface area contributed by atoms with Gasteiger partial charge in [-0.15, -0.1) is 0 Å². The zero-order chi connectivity index (χ0) is 19.3. The first-order valence-electron chi connectivity index (χ1n) is 9.10. The molecule has 1 unspecified atom stereocenters. The van der Waals surface area contributed by atoms with Crippen LogP contribution in [-0.2, 0) is 9.63 Å². The van der Waals surface area contributed by atoms with Gasteiger partial charge in [-0.05, 0) is 38.5 Å². The van der Waals surface area contributed by atoms with Crippen LogP contribution in [0, 0.1) is 0 Å². The van der Waals surface area contributed by atoms with Crippen molar-refractivity contribution in [3.05, 3.63) is 48.5 Å². The smallest absolute Gasteiger partial charge is 0.335 e. The molecule has 144 valence electrons. The molecule has 0 aromatic carbocycles. The average molecular weight is 370 g/mol. The fourth-order valence-corrected chi connectivity index (χ4v) is 2.99. The molecule has 8 heteroatoms. The summed E-state index contributed by atoms with van der Waals surface area (Å²) in [5, 5.41) is 4.78. The first kappa shape index (κ1) is 19.2. The molecule has 27 heavy (non-hydrogen) atoms. The van der Waals surface area contributed by atoms with Crippen LogP contribution in [0.2, 0.25) is 0 Å². The van der Waals surface area contributed by atoms with Crippen molar-refractivity contribution in [1.29, 1.82) is 0 Å². The Morgan fingerprint density at radius 2 is 1.89 bits per heavy atom. The van der Waals surface area contributed by atoms with Gasteiger partial charge < -0.3 is 10.2 Å². The molecule has 0 amide bonds. The van der Waals surface area contributed by atoms with Gasteiger partial charge in [-0.25, -0.2) is 14.8 Å². The number of piperazine rings is 1. The molecule has 3 rings (SSSR count). The number of carbonyl (C=O) groups is 1. The standard InChI is InChI=1S/C19H26N6O2/c1-19(2,3)25(18-22-8-5-9-23-18)27-17(26)16(15-6-4-7-21-14-15)24-12-10-20-11-13-24/h4-9,14,16,20H,10-13H2,1-3H3. The van der Waals surface area contributed by atoms with E-state index in [1.165, 1.54) is 5.06 Å². The van der Waals surface area contributed by atoms with Crippen molar-refractivity contribution < 1.29 is 9.63 Å². The summed E-state index contributed by atoms with van der Waals surface area (Å²) in [4.78, 5) is 33.9. The molecule has 2 aromatic rings. The quantitative estimate of drug-likeness (QED) is 0.795. The molecular formula is C19H26N6O2. The molecule has 2 aromatic heterocycles. The molecule has 1 fully saturated rings. The number of aromatic nitrogens is 3. The normalized spacial score (nSPS) is 16.6. The van der Waals surface area contributed by atoms with Gasteiger partial charge in [0, 0.05) is 51.0 Å². The minimum Gasteiger partial charge on any atom is -0.335 e. The zero-order valence-electron chi connectivity index (χ0n) is 16.0. The highest BCUT2D eigenvalue weighted by Crippen LogP contribution is 2.26. The Morgan fingerprint density at radius 3 is 2.48 bits per heavy atom. The van der Waals surface area contributed by atoms with E-state index in [2.05, 4.69) is 25.2 Å². The van der Waals surface area contributed by atoms with Crippen LogP contribution < -0.4 is 10.4 Å². The Hall–Kier alpha value is -2.58. The zero-order valence-corrected chi connectivity index (χ0v) is 16.0. The lowest BCUT2D eigenvalue weighted by Gasteiger charge is -2.37. The molecule has 0 aliphatic carbocycles. The summed E-state index contributed by atoms with van der Waals surface area (Å²) in [6, 6.07) is 4.93.